The molecule has 0 rings (SSSR count). The van der Waals surface area contributed by atoms with Crippen LogP contribution < -0.4 is 0 Å². The van der Waals surface area contributed by atoms with Gasteiger partial charge in [0, 0.05) is 5.71 Å². The molecule has 0 aliphatic heterocycles. The van der Waals surface area contributed by atoms with Crippen molar-refractivity contribution in [1.29, 1.82) is 5.41 Å². The highest BCUT2D eigenvalue weighted by Gasteiger charge is 1.84. The number of hydrogen-bond donors (Lipinski definition) is 1. The Hall–Kier alpha value is -0.0200. The predicted molar refractivity (Wildman–Crippen MR) is 32.9 cm³/mol. The highest BCUT2D eigenvalue weighted by molar-refractivity contribution is 7.95. The van der Waals surface area contributed by atoms with E-state index in [0.717, 1.165) is 0 Å². The first-order valence-corrected chi connectivity index (χ1v) is 2.88. The monoisotopic (exact) mass is 119 g/mol. The van der Waals surface area contributed by atoms with Crippen LogP contribution in [0.5, 0.6) is 0 Å². The lowest BCUT2D eigenvalue weighted by Gasteiger charge is -1.90. The van der Waals surface area contributed by atoms with Gasteiger partial charge in [-0.15, -0.1) is 0 Å². The van der Waals surface area contributed by atoms with Crippen molar-refractivity contribution < 1.29 is 4.18 Å². The van der Waals surface area contributed by atoms with E-state index in [2.05, 4.69) is 4.18 Å². The summed E-state index contributed by atoms with van der Waals surface area (Å²) in [5.41, 5.74) is 0.645. The Morgan fingerprint density at radius 2 is 2.43 bits per heavy atom. The number of hydrogen-bond acceptors (Lipinski definition) is 3. The van der Waals surface area contributed by atoms with Crippen molar-refractivity contribution in [1.82, 2.24) is 0 Å². The lowest BCUT2D eigenvalue weighted by molar-refractivity contribution is 0.491. The van der Waals surface area contributed by atoms with Gasteiger partial charge in [0.2, 0.25) is 0 Å². The number of rotatable bonds is 3. The average Bonchev–Trinajstić information content (AvgIpc) is 1.61. The molecule has 0 saturated heterocycles. The number of nitrogens with one attached hydrogen (secondary N) is 1. The van der Waals surface area contributed by atoms with Crippen LogP contribution >= 0.6 is 12.0 Å². The summed E-state index contributed by atoms with van der Waals surface area (Å²) in [6.07, 6.45) is 0. The van der Waals surface area contributed by atoms with Crippen LogP contribution in [0.1, 0.15) is 6.92 Å². The molecule has 0 aliphatic carbocycles. The molecular weight excluding hydrogens is 110 g/mol. The molecule has 0 radical (unpaired) electrons. The van der Waals surface area contributed by atoms with Crippen LogP contribution in [0.4, 0.5) is 0 Å². The zero-order chi connectivity index (χ0) is 5.70. The maximum absolute atomic E-state index is 6.90. The van der Waals surface area contributed by atoms with E-state index in [-0.39, 0.29) is 0 Å². The van der Waals surface area contributed by atoms with Crippen molar-refractivity contribution in [2.45, 2.75) is 6.92 Å². The van der Waals surface area contributed by atoms with Crippen molar-refractivity contribution in [2.75, 3.05) is 12.9 Å². The average molecular weight is 119 g/mol. The van der Waals surface area contributed by atoms with E-state index in [0.29, 0.717) is 11.5 Å². The molecule has 0 aliphatic rings. The molecule has 42 valence electrons. The molecule has 0 aromatic rings. The largest absolute Gasteiger partial charge is 0.318 e. The van der Waals surface area contributed by atoms with Crippen LogP contribution in [0.15, 0.2) is 0 Å². The molecule has 0 atom stereocenters. The highest BCUT2D eigenvalue weighted by atomic mass is 32.2. The summed E-state index contributed by atoms with van der Waals surface area (Å²) < 4.78 is 4.63. The molecule has 2 nitrogen and oxygen atoms in total. The van der Waals surface area contributed by atoms with Gasteiger partial charge in [0.25, 0.3) is 0 Å². The molecule has 7 heavy (non-hydrogen) atoms. The van der Waals surface area contributed by atoms with Gasteiger partial charge in [-0.05, 0) is 19.0 Å². The first-order valence-electron chi connectivity index (χ1n) is 1.97. The zero-order valence-electron chi connectivity index (χ0n) is 4.52. The zero-order valence-corrected chi connectivity index (χ0v) is 5.34. The predicted octanol–water partition coefficient (Wildman–Crippen LogP) is 1.32. The summed E-state index contributed by atoms with van der Waals surface area (Å²) in [4.78, 5) is 0. The minimum absolute atomic E-state index is 0.645. The Kier molecular flexibility index (Phi) is 4.14. The topological polar surface area (TPSA) is 33.1 Å². The van der Waals surface area contributed by atoms with Gasteiger partial charge in [-0.2, -0.15) is 0 Å². The molecule has 0 spiro atoms. The Bertz CT molecular complexity index is 64.7. The van der Waals surface area contributed by atoms with E-state index >= 15 is 0 Å². The van der Waals surface area contributed by atoms with E-state index in [1.54, 1.807) is 14.0 Å². The van der Waals surface area contributed by atoms with Crippen molar-refractivity contribution in [3.05, 3.63) is 0 Å². The normalized spacial score (nSPS) is 8.86. The van der Waals surface area contributed by atoms with Crippen molar-refractivity contribution in [3.63, 3.8) is 0 Å². The Labute approximate surface area is 48.0 Å². The van der Waals surface area contributed by atoms with E-state index in [4.69, 9.17) is 5.41 Å². The first kappa shape index (κ1) is 6.98. The van der Waals surface area contributed by atoms with E-state index in [1.165, 1.54) is 12.0 Å². The van der Waals surface area contributed by atoms with Gasteiger partial charge in [0.15, 0.2) is 0 Å². The van der Waals surface area contributed by atoms with E-state index in [9.17, 15) is 0 Å². The summed E-state index contributed by atoms with van der Waals surface area (Å²) in [6, 6.07) is 0. The molecular formula is C4H9NOS. The molecule has 0 amide bonds. The summed E-state index contributed by atoms with van der Waals surface area (Å²) in [6.45, 7) is 1.76. The lowest BCUT2D eigenvalue weighted by atomic mass is 10.5. The summed E-state index contributed by atoms with van der Waals surface area (Å²) in [5, 5.41) is 6.90. The van der Waals surface area contributed by atoms with Crippen molar-refractivity contribution in [2.24, 2.45) is 0 Å². The fourth-order valence-electron chi connectivity index (χ4n) is 0.147. The molecule has 0 bridgehead atoms. The van der Waals surface area contributed by atoms with Gasteiger partial charge in [-0.25, -0.2) is 0 Å². The van der Waals surface area contributed by atoms with Crippen LogP contribution in [0.25, 0.3) is 0 Å². The van der Waals surface area contributed by atoms with Gasteiger partial charge >= 0.3 is 0 Å². The maximum Gasteiger partial charge on any atom is 0.0572 e. The van der Waals surface area contributed by atoms with Crippen molar-refractivity contribution >= 4 is 17.8 Å². The van der Waals surface area contributed by atoms with E-state index in [1.807, 2.05) is 0 Å². The minimum Gasteiger partial charge on any atom is -0.318 e. The smallest absolute Gasteiger partial charge is 0.0572 e. The molecule has 0 aromatic heterocycles. The summed E-state index contributed by atoms with van der Waals surface area (Å²) in [7, 11) is 1.60. The summed E-state index contributed by atoms with van der Waals surface area (Å²) in [5.74, 6) is 0.677. The lowest BCUT2D eigenvalue weighted by Crippen LogP contribution is -1.90. The quantitative estimate of drug-likeness (QED) is 0.449. The Morgan fingerprint density at radius 3 is 2.57 bits per heavy atom. The molecule has 0 heterocycles. The molecule has 3 heteroatoms. The fourth-order valence-corrected chi connectivity index (χ4v) is 0.442. The molecule has 0 aromatic carbocycles. The molecule has 0 fully saturated rings. The fraction of sp³-hybridized carbons (Fsp3) is 0.750. The molecule has 0 saturated carbocycles. The summed E-state index contributed by atoms with van der Waals surface area (Å²) >= 11 is 1.29. The Balaban J connectivity index is 2.82. The van der Waals surface area contributed by atoms with Crippen molar-refractivity contribution in [3.8, 4) is 0 Å². The van der Waals surface area contributed by atoms with Gasteiger partial charge < -0.3 is 9.59 Å². The van der Waals surface area contributed by atoms with Crippen LogP contribution in [0, 0.1) is 5.41 Å². The minimum atomic E-state index is 0.645. The third-order valence-corrected chi connectivity index (χ3v) is 1.18. The van der Waals surface area contributed by atoms with Crippen LogP contribution in [-0.2, 0) is 4.18 Å². The van der Waals surface area contributed by atoms with Crippen LogP contribution in [0.3, 0.4) is 0 Å². The SMILES string of the molecule is COSCC(C)=N. The molecule has 1 N–H and O–H groups in total. The Morgan fingerprint density at radius 1 is 1.86 bits per heavy atom. The van der Waals surface area contributed by atoms with Gasteiger partial charge in [0.05, 0.1) is 12.9 Å². The standard InChI is InChI=1S/C4H9NOS/c1-4(5)3-7-6-2/h5H,3H2,1-2H3. The first-order chi connectivity index (χ1) is 3.27. The van der Waals surface area contributed by atoms with Crippen LogP contribution in [0.2, 0.25) is 0 Å². The van der Waals surface area contributed by atoms with E-state index < -0.39 is 0 Å². The third-order valence-electron chi connectivity index (χ3n) is 0.393. The molecule has 0 unspecified atom stereocenters. The van der Waals surface area contributed by atoms with Gasteiger partial charge in [-0.1, -0.05) is 0 Å². The van der Waals surface area contributed by atoms with Gasteiger partial charge in [-0.3, -0.25) is 0 Å². The van der Waals surface area contributed by atoms with Crippen LogP contribution in [-0.4, -0.2) is 18.6 Å². The second kappa shape index (κ2) is 4.15. The van der Waals surface area contributed by atoms with Gasteiger partial charge in [0.1, 0.15) is 0 Å². The highest BCUT2D eigenvalue weighted by Crippen LogP contribution is 1.97. The second-order valence-electron chi connectivity index (χ2n) is 1.21. The second-order valence-corrected chi connectivity index (χ2v) is 2.07. The third kappa shape index (κ3) is 5.98. The maximum atomic E-state index is 6.90.